The molecule has 0 aliphatic carbocycles. The molecule has 0 aromatic heterocycles. The Morgan fingerprint density at radius 1 is 1.29 bits per heavy atom. The van der Waals surface area contributed by atoms with Crippen LogP contribution >= 0.6 is 12.4 Å². The van der Waals surface area contributed by atoms with Crippen LogP contribution in [0.1, 0.15) is 24.8 Å². The van der Waals surface area contributed by atoms with Gasteiger partial charge in [-0.2, -0.15) is 0 Å². The average molecular weight is 355 g/mol. The van der Waals surface area contributed by atoms with Gasteiger partial charge in [-0.3, -0.25) is 4.79 Å². The van der Waals surface area contributed by atoms with Crippen LogP contribution in [0.3, 0.4) is 0 Å². The highest BCUT2D eigenvalue weighted by atomic mass is 35.5. The van der Waals surface area contributed by atoms with E-state index in [2.05, 4.69) is 16.0 Å². The molecular weight excluding hydrogens is 328 g/mol. The predicted molar refractivity (Wildman–Crippen MR) is 97.2 cm³/mol. The zero-order valence-electron chi connectivity index (χ0n) is 14.1. The molecular formula is C17H27ClN4O2. The summed E-state index contributed by atoms with van der Waals surface area (Å²) in [5.41, 5.74) is 1.08. The van der Waals surface area contributed by atoms with Crippen LogP contribution in [0.25, 0.3) is 0 Å². The summed E-state index contributed by atoms with van der Waals surface area (Å²) < 4.78 is 0. The minimum absolute atomic E-state index is 0. The molecule has 2 rings (SSSR count). The fourth-order valence-electron chi connectivity index (χ4n) is 2.62. The van der Waals surface area contributed by atoms with Gasteiger partial charge in [0.1, 0.15) is 0 Å². The van der Waals surface area contributed by atoms with Crippen molar-refractivity contribution in [3.8, 4) is 0 Å². The first kappa shape index (κ1) is 20.3. The SMILES string of the molecule is CN(Cc1ccccc1)C(=O)NCCC(=O)N[C@H]1CCCNC1.Cl. The molecule has 0 radical (unpaired) electrons. The number of amides is 3. The Hall–Kier alpha value is -1.79. The number of benzene rings is 1. The van der Waals surface area contributed by atoms with E-state index in [9.17, 15) is 9.59 Å². The molecule has 1 aliphatic heterocycles. The highest BCUT2D eigenvalue weighted by molar-refractivity contribution is 5.85. The van der Waals surface area contributed by atoms with Crippen LogP contribution < -0.4 is 16.0 Å². The minimum atomic E-state index is -0.166. The molecule has 134 valence electrons. The summed E-state index contributed by atoms with van der Waals surface area (Å²) in [7, 11) is 1.75. The second-order valence-electron chi connectivity index (χ2n) is 5.93. The van der Waals surface area contributed by atoms with Gasteiger partial charge in [0.2, 0.25) is 5.91 Å². The lowest BCUT2D eigenvalue weighted by molar-refractivity contribution is -0.121. The monoisotopic (exact) mass is 354 g/mol. The Balaban J connectivity index is 0.00000288. The van der Waals surface area contributed by atoms with Crippen molar-refractivity contribution in [1.82, 2.24) is 20.9 Å². The first-order valence-corrected chi connectivity index (χ1v) is 8.18. The van der Waals surface area contributed by atoms with Crippen LogP contribution in [0.5, 0.6) is 0 Å². The second-order valence-corrected chi connectivity index (χ2v) is 5.93. The van der Waals surface area contributed by atoms with Crippen LogP contribution in [-0.4, -0.2) is 49.6 Å². The van der Waals surface area contributed by atoms with Crippen LogP contribution in [-0.2, 0) is 11.3 Å². The molecule has 1 heterocycles. The van der Waals surface area contributed by atoms with Crippen molar-refractivity contribution in [2.24, 2.45) is 0 Å². The Labute approximate surface area is 149 Å². The molecule has 1 aromatic carbocycles. The second kappa shape index (κ2) is 10.9. The van der Waals surface area contributed by atoms with E-state index >= 15 is 0 Å². The lowest BCUT2D eigenvalue weighted by atomic mass is 10.1. The van der Waals surface area contributed by atoms with E-state index in [1.54, 1.807) is 11.9 Å². The molecule has 0 spiro atoms. The molecule has 0 saturated carbocycles. The van der Waals surface area contributed by atoms with Gasteiger partial charge in [0.25, 0.3) is 0 Å². The van der Waals surface area contributed by atoms with E-state index < -0.39 is 0 Å². The zero-order valence-corrected chi connectivity index (χ0v) is 14.9. The van der Waals surface area contributed by atoms with Gasteiger partial charge in [-0.15, -0.1) is 12.4 Å². The van der Waals surface area contributed by atoms with Crippen molar-refractivity contribution >= 4 is 24.3 Å². The van der Waals surface area contributed by atoms with Crippen LogP contribution in [0.4, 0.5) is 4.79 Å². The smallest absolute Gasteiger partial charge is 0.317 e. The molecule has 1 aliphatic rings. The van der Waals surface area contributed by atoms with E-state index in [1.165, 1.54) is 0 Å². The predicted octanol–water partition coefficient (Wildman–Crippen LogP) is 1.51. The molecule has 1 fully saturated rings. The van der Waals surface area contributed by atoms with E-state index in [0.29, 0.717) is 19.5 Å². The molecule has 0 unspecified atom stereocenters. The number of nitrogens with one attached hydrogen (secondary N) is 3. The lowest BCUT2D eigenvalue weighted by Gasteiger charge is -2.24. The summed E-state index contributed by atoms with van der Waals surface area (Å²) in [6, 6.07) is 9.86. The average Bonchev–Trinajstić information content (AvgIpc) is 2.56. The third kappa shape index (κ3) is 7.19. The molecule has 6 nitrogen and oxygen atoms in total. The van der Waals surface area contributed by atoms with Gasteiger partial charge in [0, 0.05) is 39.1 Å². The van der Waals surface area contributed by atoms with Crippen molar-refractivity contribution in [1.29, 1.82) is 0 Å². The summed E-state index contributed by atoms with van der Waals surface area (Å²) in [4.78, 5) is 25.5. The van der Waals surface area contributed by atoms with E-state index in [0.717, 1.165) is 31.5 Å². The topological polar surface area (TPSA) is 73.5 Å². The third-order valence-corrected chi connectivity index (χ3v) is 3.90. The maximum Gasteiger partial charge on any atom is 0.317 e. The molecule has 3 N–H and O–H groups in total. The normalized spacial score (nSPS) is 16.6. The van der Waals surface area contributed by atoms with Crippen molar-refractivity contribution in [2.45, 2.75) is 31.8 Å². The molecule has 1 atom stereocenters. The quantitative estimate of drug-likeness (QED) is 0.725. The van der Waals surface area contributed by atoms with Gasteiger partial charge in [-0.05, 0) is 24.9 Å². The largest absolute Gasteiger partial charge is 0.352 e. The number of carbonyl (C=O) groups is 2. The van der Waals surface area contributed by atoms with E-state index in [4.69, 9.17) is 0 Å². The summed E-state index contributed by atoms with van der Waals surface area (Å²) in [6.07, 6.45) is 2.41. The minimum Gasteiger partial charge on any atom is -0.352 e. The highest BCUT2D eigenvalue weighted by Crippen LogP contribution is 2.03. The number of carbonyl (C=O) groups excluding carboxylic acids is 2. The van der Waals surface area contributed by atoms with Gasteiger partial charge in [0.05, 0.1) is 0 Å². The van der Waals surface area contributed by atoms with Crippen LogP contribution in [0.15, 0.2) is 30.3 Å². The number of halogens is 1. The van der Waals surface area contributed by atoms with Gasteiger partial charge >= 0.3 is 6.03 Å². The molecule has 7 heteroatoms. The highest BCUT2D eigenvalue weighted by Gasteiger charge is 2.15. The molecule has 24 heavy (non-hydrogen) atoms. The molecule has 1 aromatic rings. The van der Waals surface area contributed by atoms with Gasteiger partial charge in [-0.1, -0.05) is 30.3 Å². The van der Waals surface area contributed by atoms with Crippen LogP contribution in [0, 0.1) is 0 Å². The Kier molecular flexibility index (Phi) is 9.19. The summed E-state index contributed by atoms with van der Waals surface area (Å²) in [5.74, 6) is -0.00953. The number of rotatable bonds is 6. The Bertz CT molecular complexity index is 507. The molecule has 1 saturated heterocycles. The van der Waals surface area contributed by atoms with E-state index in [-0.39, 0.29) is 30.4 Å². The number of hydrogen-bond donors (Lipinski definition) is 3. The Morgan fingerprint density at radius 3 is 2.71 bits per heavy atom. The van der Waals surface area contributed by atoms with E-state index in [1.807, 2.05) is 30.3 Å². The molecule has 0 bridgehead atoms. The van der Waals surface area contributed by atoms with Gasteiger partial charge in [0.15, 0.2) is 0 Å². The van der Waals surface area contributed by atoms with Crippen molar-refractivity contribution in [3.63, 3.8) is 0 Å². The fourth-order valence-corrected chi connectivity index (χ4v) is 2.62. The van der Waals surface area contributed by atoms with Gasteiger partial charge < -0.3 is 20.9 Å². The van der Waals surface area contributed by atoms with Crippen molar-refractivity contribution in [3.05, 3.63) is 35.9 Å². The number of nitrogens with zero attached hydrogens (tertiary/aromatic N) is 1. The zero-order chi connectivity index (χ0) is 16.5. The van der Waals surface area contributed by atoms with Crippen LogP contribution in [0.2, 0.25) is 0 Å². The third-order valence-electron chi connectivity index (χ3n) is 3.90. The fraction of sp³-hybridized carbons (Fsp3) is 0.529. The maximum absolute atomic E-state index is 12.0. The molecule has 3 amide bonds. The van der Waals surface area contributed by atoms with Crippen molar-refractivity contribution < 1.29 is 9.59 Å². The standard InChI is InChI=1S/C17H26N4O2.ClH/c1-21(13-14-6-3-2-4-7-14)17(23)19-11-9-16(22)20-15-8-5-10-18-12-15;/h2-4,6-7,15,18H,5,8-13H2,1H3,(H,19,23)(H,20,22);1H/t15-;/m0./s1. The number of urea groups is 1. The first-order chi connectivity index (χ1) is 11.1. The lowest BCUT2D eigenvalue weighted by Crippen LogP contribution is -2.46. The summed E-state index contributed by atoms with van der Waals surface area (Å²) in [6.45, 7) is 2.75. The number of hydrogen-bond acceptors (Lipinski definition) is 3. The summed E-state index contributed by atoms with van der Waals surface area (Å²) >= 11 is 0. The first-order valence-electron chi connectivity index (χ1n) is 8.18. The number of piperidine rings is 1. The Morgan fingerprint density at radius 2 is 2.04 bits per heavy atom. The van der Waals surface area contributed by atoms with Crippen molar-refractivity contribution in [2.75, 3.05) is 26.7 Å². The maximum atomic E-state index is 12.0. The van der Waals surface area contributed by atoms with Gasteiger partial charge in [-0.25, -0.2) is 4.79 Å². The summed E-state index contributed by atoms with van der Waals surface area (Å²) in [5, 5.41) is 9.04.